The zero-order valence-electron chi connectivity index (χ0n) is 10.7. The highest BCUT2D eigenvalue weighted by Crippen LogP contribution is 2.18. The maximum Gasteiger partial charge on any atom is 0.335 e. The van der Waals surface area contributed by atoms with Gasteiger partial charge in [0.05, 0.1) is 11.5 Å². The average molecular weight is 265 g/mol. The molecule has 0 radical (unpaired) electrons. The van der Waals surface area contributed by atoms with E-state index in [-0.39, 0.29) is 18.0 Å². The Labute approximate surface area is 110 Å². The van der Waals surface area contributed by atoms with Crippen LogP contribution >= 0.6 is 0 Å². The fourth-order valence-corrected chi connectivity index (χ4v) is 1.57. The van der Waals surface area contributed by atoms with Gasteiger partial charge >= 0.3 is 11.9 Å². The molecule has 0 spiro atoms. The van der Waals surface area contributed by atoms with Crippen molar-refractivity contribution in [2.75, 3.05) is 11.4 Å². The first kappa shape index (κ1) is 14.7. The molecular formula is C13H15NO5. The van der Waals surface area contributed by atoms with Crippen molar-refractivity contribution in [3.05, 3.63) is 29.8 Å². The summed E-state index contributed by atoms with van der Waals surface area (Å²) in [4.78, 5) is 34.5. The van der Waals surface area contributed by atoms with Crippen LogP contribution in [0.4, 0.5) is 5.69 Å². The van der Waals surface area contributed by atoms with Gasteiger partial charge in [0.25, 0.3) is 0 Å². The molecule has 6 heteroatoms. The van der Waals surface area contributed by atoms with Crippen LogP contribution in [-0.4, -0.2) is 34.6 Å². The zero-order valence-corrected chi connectivity index (χ0v) is 10.7. The summed E-state index contributed by atoms with van der Waals surface area (Å²) in [5, 5.41) is 17.8. The number of carboxylic acids is 2. The standard InChI is InChI=1S/C13H15NO5/c1-8(12(16)17)7-14(9(2)15)11-5-3-4-10(6-11)13(18)19/h3-6,8H,7H2,1-2H3,(H,16,17)(H,18,19). The van der Waals surface area contributed by atoms with Gasteiger partial charge in [0.1, 0.15) is 0 Å². The Hall–Kier alpha value is -2.37. The SMILES string of the molecule is CC(=O)N(CC(C)C(=O)O)c1cccc(C(=O)O)c1. The Morgan fingerprint density at radius 3 is 2.37 bits per heavy atom. The highest BCUT2D eigenvalue weighted by Gasteiger charge is 2.20. The minimum Gasteiger partial charge on any atom is -0.481 e. The van der Waals surface area contributed by atoms with Gasteiger partial charge in [0.15, 0.2) is 0 Å². The third-order valence-electron chi connectivity index (χ3n) is 2.66. The van der Waals surface area contributed by atoms with Crippen molar-refractivity contribution in [3.63, 3.8) is 0 Å². The van der Waals surface area contributed by atoms with Gasteiger partial charge in [-0.15, -0.1) is 0 Å². The van der Waals surface area contributed by atoms with E-state index in [0.29, 0.717) is 5.69 Å². The fourth-order valence-electron chi connectivity index (χ4n) is 1.57. The van der Waals surface area contributed by atoms with Crippen LogP contribution in [0, 0.1) is 5.92 Å². The number of hydrogen-bond donors (Lipinski definition) is 2. The lowest BCUT2D eigenvalue weighted by atomic mass is 10.1. The Balaban J connectivity index is 3.06. The molecule has 0 saturated carbocycles. The minimum absolute atomic E-state index is 0.00621. The van der Waals surface area contributed by atoms with Crippen LogP contribution in [0.2, 0.25) is 0 Å². The van der Waals surface area contributed by atoms with Crippen LogP contribution in [0.15, 0.2) is 24.3 Å². The van der Waals surface area contributed by atoms with E-state index in [9.17, 15) is 14.4 Å². The van der Waals surface area contributed by atoms with E-state index in [1.165, 1.54) is 36.9 Å². The molecule has 0 saturated heterocycles. The fraction of sp³-hybridized carbons (Fsp3) is 0.308. The third-order valence-corrected chi connectivity index (χ3v) is 2.66. The lowest BCUT2D eigenvalue weighted by Gasteiger charge is -2.23. The summed E-state index contributed by atoms with van der Waals surface area (Å²) < 4.78 is 0. The molecule has 1 rings (SSSR count). The van der Waals surface area contributed by atoms with Gasteiger partial charge in [-0.2, -0.15) is 0 Å². The Morgan fingerprint density at radius 1 is 1.26 bits per heavy atom. The number of amides is 1. The van der Waals surface area contributed by atoms with Gasteiger partial charge in [-0.25, -0.2) is 4.79 Å². The van der Waals surface area contributed by atoms with E-state index < -0.39 is 17.9 Å². The highest BCUT2D eigenvalue weighted by atomic mass is 16.4. The first-order chi connectivity index (χ1) is 8.82. The first-order valence-corrected chi connectivity index (χ1v) is 5.67. The Kier molecular flexibility index (Phi) is 4.63. The largest absolute Gasteiger partial charge is 0.481 e. The summed E-state index contributed by atoms with van der Waals surface area (Å²) in [6.07, 6.45) is 0. The number of benzene rings is 1. The summed E-state index contributed by atoms with van der Waals surface area (Å²) in [6, 6.07) is 5.84. The topological polar surface area (TPSA) is 94.9 Å². The molecule has 0 aliphatic rings. The summed E-state index contributed by atoms with van der Waals surface area (Å²) in [5.41, 5.74) is 0.423. The zero-order chi connectivity index (χ0) is 14.6. The Morgan fingerprint density at radius 2 is 1.89 bits per heavy atom. The van der Waals surface area contributed by atoms with Crippen LogP contribution in [-0.2, 0) is 9.59 Å². The van der Waals surface area contributed by atoms with Gasteiger partial charge in [-0.05, 0) is 18.2 Å². The lowest BCUT2D eigenvalue weighted by Crippen LogP contribution is -2.35. The number of aliphatic carboxylic acids is 1. The van der Waals surface area contributed by atoms with E-state index in [4.69, 9.17) is 10.2 Å². The Bertz CT molecular complexity index is 512. The molecule has 1 aromatic carbocycles. The number of carboxylic acid groups (broad SMARTS) is 2. The molecule has 1 amide bonds. The second-order valence-corrected chi connectivity index (χ2v) is 4.22. The first-order valence-electron chi connectivity index (χ1n) is 5.67. The van der Waals surface area contributed by atoms with Crippen LogP contribution in [0.25, 0.3) is 0 Å². The van der Waals surface area contributed by atoms with Gasteiger partial charge < -0.3 is 15.1 Å². The van der Waals surface area contributed by atoms with Crippen LogP contribution in [0.1, 0.15) is 24.2 Å². The van der Waals surface area contributed by atoms with Gasteiger partial charge in [-0.3, -0.25) is 9.59 Å². The molecule has 6 nitrogen and oxygen atoms in total. The monoisotopic (exact) mass is 265 g/mol. The van der Waals surface area contributed by atoms with Gasteiger partial charge in [0, 0.05) is 19.2 Å². The van der Waals surface area contributed by atoms with Crippen molar-refractivity contribution in [1.29, 1.82) is 0 Å². The van der Waals surface area contributed by atoms with E-state index in [1.807, 2.05) is 0 Å². The van der Waals surface area contributed by atoms with Crippen molar-refractivity contribution < 1.29 is 24.6 Å². The number of anilines is 1. The van der Waals surface area contributed by atoms with Crippen LogP contribution in [0.5, 0.6) is 0 Å². The van der Waals surface area contributed by atoms with E-state index >= 15 is 0 Å². The van der Waals surface area contributed by atoms with Crippen molar-refractivity contribution >= 4 is 23.5 Å². The third kappa shape index (κ3) is 3.80. The van der Waals surface area contributed by atoms with Crippen molar-refractivity contribution in [2.45, 2.75) is 13.8 Å². The molecule has 1 aromatic rings. The second kappa shape index (κ2) is 5.99. The normalized spacial score (nSPS) is 11.7. The number of aromatic carboxylic acids is 1. The minimum atomic E-state index is -1.10. The van der Waals surface area contributed by atoms with Crippen molar-refractivity contribution in [1.82, 2.24) is 0 Å². The van der Waals surface area contributed by atoms with E-state index in [2.05, 4.69) is 0 Å². The van der Waals surface area contributed by atoms with Crippen LogP contribution in [0.3, 0.4) is 0 Å². The molecule has 19 heavy (non-hydrogen) atoms. The maximum atomic E-state index is 11.6. The highest BCUT2D eigenvalue weighted by molar-refractivity contribution is 5.95. The molecule has 0 heterocycles. The summed E-state index contributed by atoms with van der Waals surface area (Å²) in [7, 11) is 0. The average Bonchev–Trinajstić information content (AvgIpc) is 2.35. The molecule has 2 N–H and O–H groups in total. The van der Waals surface area contributed by atoms with E-state index in [1.54, 1.807) is 6.07 Å². The second-order valence-electron chi connectivity index (χ2n) is 4.22. The molecule has 0 fully saturated rings. The van der Waals surface area contributed by atoms with Crippen molar-refractivity contribution in [3.8, 4) is 0 Å². The molecule has 0 aromatic heterocycles. The summed E-state index contributed by atoms with van der Waals surface area (Å²) in [6.45, 7) is 2.79. The van der Waals surface area contributed by atoms with Crippen molar-refractivity contribution in [2.24, 2.45) is 5.92 Å². The number of hydrogen-bond acceptors (Lipinski definition) is 3. The van der Waals surface area contributed by atoms with Crippen LogP contribution < -0.4 is 4.90 Å². The predicted octanol–water partition coefficient (Wildman–Crippen LogP) is 1.46. The number of carbonyl (C=O) groups excluding carboxylic acids is 1. The van der Waals surface area contributed by atoms with Gasteiger partial charge in [-0.1, -0.05) is 13.0 Å². The molecule has 102 valence electrons. The maximum absolute atomic E-state index is 11.6. The molecule has 0 aliphatic carbocycles. The predicted molar refractivity (Wildman–Crippen MR) is 68.2 cm³/mol. The number of carbonyl (C=O) groups is 3. The quantitative estimate of drug-likeness (QED) is 0.840. The number of nitrogens with zero attached hydrogens (tertiary/aromatic N) is 1. The summed E-state index contributed by atoms with van der Waals surface area (Å²) >= 11 is 0. The smallest absolute Gasteiger partial charge is 0.335 e. The lowest BCUT2D eigenvalue weighted by molar-refractivity contribution is -0.140. The van der Waals surface area contributed by atoms with Gasteiger partial charge in [0.2, 0.25) is 5.91 Å². The molecule has 0 bridgehead atoms. The summed E-state index contributed by atoms with van der Waals surface area (Å²) in [5.74, 6) is -3.19. The number of rotatable bonds is 5. The van der Waals surface area contributed by atoms with E-state index in [0.717, 1.165) is 0 Å². The molecule has 0 aliphatic heterocycles. The molecule has 1 unspecified atom stereocenters. The molecular weight excluding hydrogens is 250 g/mol. The molecule has 1 atom stereocenters.